The Balaban J connectivity index is 3.14. The van der Waals surface area contributed by atoms with Crippen LogP contribution in [0.2, 0.25) is 0 Å². The minimum Gasteiger partial charge on any atom is -0.449 e. The van der Waals surface area contributed by atoms with Gasteiger partial charge in [-0.05, 0) is 19.3 Å². The van der Waals surface area contributed by atoms with Gasteiger partial charge in [-0.3, -0.25) is 4.79 Å². The third kappa shape index (κ3) is 10.3. The minimum absolute atomic E-state index is 0.0384. The molecule has 2 nitrogen and oxygen atoms in total. The fourth-order valence-electron chi connectivity index (χ4n) is 1.33. The Hall–Kier alpha value is 0.0500. The van der Waals surface area contributed by atoms with Crippen LogP contribution in [0.5, 0.6) is 0 Å². The van der Waals surface area contributed by atoms with Gasteiger partial charge in [0.15, 0.2) is 6.07 Å². The molecule has 0 aliphatic rings. The van der Waals surface area contributed by atoms with Crippen molar-refractivity contribution in [3.63, 3.8) is 0 Å². The van der Waals surface area contributed by atoms with Gasteiger partial charge in [-0.2, -0.15) is 0 Å². The Kier molecular flexibility index (Phi) is 10.6. The van der Waals surface area contributed by atoms with Gasteiger partial charge in [0.2, 0.25) is 0 Å². The third-order valence-corrected chi connectivity index (χ3v) is 2.94. The number of carbonyl (C=O) groups excluding carboxylic acids is 1. The number of rotatable bonds is 9. The topological polar surface area (TPSA) is 26.3 Å². The number of unbranched alkanes of at least 4 members (excludes halogenated alkanes) is 3. The number of alkyl halides is 2. The zero-order valence-electron chi connectivity index (χ0n) is 9.31. The number of carbonyl (C=O) groups is 1. The maximum absolute atomic E-state index is 10.9. The molecule has 0 bridgehead atoms. The van der Waals surface area contributed by atoms with Crippen LogP contribution in [0.15, 0.2) is 0 Å². The van der Waals surface area contributed by atoms with Crippen molar-refractivity contribution in [1.82, 2.24) is 0 Å². The predicted molar refractivity (Wildman–Crippen MR) is 64.4 cm³/mol. The molecule has 0 aromatic heterocycles. The normalized spacial score (nSPS) is 12.5. The smallest absolute Gasteiger partial charge is 0.306 e. The van der Waals surface area contributed by atoms with Crippen molar-refractivity contribution < 1.29 is 9.53 Å². The average Bonchev–Trinajstić information content (AvgIpc) is 2.23. The van der Waals surface area contributed by atoms with Crippen LogP contribution in [0.1, 0.15) is 51.9 Å². The maximum Gasteiger partial charge on any atom is 0.306 e. The molecule has 90 valence electrons. The highest BCUT2D eigenvalue weighted by Crippen LogP contribution is 2.13. The molecule has 0 saturated heterocycles. The van der Waals surface area contributed by atoms with Gasteiger partial charge >= 0.3 is 5.97 Å². The Morgan fingerprint density at radius 1 is 1.27 bits per heavy atom. The molecule has 0 N–H and O–H groups in total. The van der Waals surface area contributed by atoms with Gasteiger partial charge in [-0.1, -0.05) is 37.8 Å². The van der Waals surface area contributed by atoms with Crippen LogP contribution in [0.4, 0.5) is 0 Å². The van der Waals surface area contributed by atoms with E-state index in [4.69, 9.17) is 23.2 Å². The molecule has 1 atom stereocenters. The molecule has 0 aromatic rings. The molecule has 0 saturated carbocycles. The fourth-order valence-corrected chi connectivity index (χ4v) is 1.60. The van der Waals surface area contributed by atoms with Crippen molar-refractivity contribution >= 4 is 29.2 Å². The monoisotopic (exact) mass is 254 g/mol. The minimum atomic E-state index is -0.200. The van der Waals surface area contributed by atoms with Gasteiger partial charge < -0.3 is 4.74 Å². The van der Waals surface area contributed by atoms with Crippen molar-refractivity contribution in [3.05, 3.63) is 0 Å². The van der Waals surface area contributed by atoms with Crippen LogP contribution in [0.3, 0.4) is 0 Å². The summed E-state index contributed by atoms with van der Waals surface area (Å²) < 4.78 is 4.61. The zero-order valence-corrected chi connectivity index (χ0v) is 10.8. The number of halogens is 2. The van der Waals surface area contributed by atoms with Crippen LogP contribution < -0.4 is 0 Å². The molecule has 4 heteroatoms. The number of ether oxygens (including phenoxy) is 1. The number of esters is 1. The van der Waals surface area contributed by atoms with Gasteiger partial charge in [-0.15, -0.1) is 11.6 Å². The summed E-state index contributed by atoms with van der Waals surface area (Å²) >= 11 is 11.2. The second-order valence-corrected chi connectivity index (χ2v) is 4.42. The van der Waals surface area contributed by atoms with E-state index in [1.807, 2.05) is 0 Å². The summed E-state index contributed by atoms with van der Waals surface area (Å²) in [5.41, 5.74) is 0. The predicted octanol–water partition coefficient (Wildman–Crippen LogP) is 4.08. The van der Waals surface area contributed by atoms with Crippen LogP contribution in [0, 0.1) is 0 Å². The molecule has 0 rings (SSSR count). The van der Waals surface area contributed by atoms with Gasteiger partial charge in [0.1, 0.15) is 0 Å². The summed E-state index contributed by atoms with van der Waals surface area (Å²) in [6.45, 7) is 2.10. The lowest BCUT2D eigenvalue weighted by Crippen LogP contribution is -2.02. The largest absolute Gasteiger partial charge is 0.449 e. The molecule has 15 heavy (non-hydrogen) atoms. The highest BCUT2D eigenvalue weighted by atomic mass is 35.5. The van der Waals surface area contributed by atoms with Crippen LogP contribution in [-0.4, -0.2) is 17.4 Å². The van der Waals surface area contributed by atoms with E-state index in [2.05, 4.69) is 11.7 Å². The first kappa shape index (κ1) is 15.0. The summed E-state index contributed by atoms with van der Waals surface area (Å²) in [5, 5.41) is 0.311. The van der Waals surface area contributed by atoms with Crippen LogP contribution >= 0.6 is 23.2 Å². The number of hydrogen-bond acceptors (Lipinski definition) is 2. The van der Waals surface area contributed by atoms with E-state index in [1.165, 1.54) is 0 Å². The standard InChI is InChI=1S/C11H20Cl2O2/c1-2-10(13)7-5-3-4-6-8-11(14)15-9-12/h10H,2-9H2,1H3. The van der Waals surface area contributed by atoms with Crippen molar-refractivity contribution in [2.24, 2.45) is 0 Å². The first-order valence-corrected chi connectivity index (χ1v) is 6.53. The Labute approximate surface area is 102 Å². The highest BCUT2D eigenvalue weighted by Gasteiger charge is 2.02. The van der Waals surface area contributed by atoms with Crippen molar-refractivity contribution in [3.8, 4) is 0 Å². The van der Waals surface area contributed by atoms with E-state index in [9.17, 15) is 4.79 Å². The Morgan fingerprint density at radius 3 is 2.53 bits per heavy atom. The van der Waals surface area contributed by atoms with Gasteiger partial charge in [0, 0.05) is 11.8 Å². The van der Waals surface area contributed by atoms with E-state index in [0.717, 1.165) is 38.5 Å². The summed E-state index contributed by atoms with van der Waals surface area (Å²) in [6, 6.07) is -0.0384. The van der Waals surface area contributed by atoms with Crippen LogP contribution in [-0.2, 0) is 9.53 Å². The first-order valence-electron chi connectivity index (χ1n) is 5.56. The van der Waals surface area contributed by atoms with Gasteiger partial charge in [0.25, 0.3) is 0 Å². The van der Waals surface area contributed by atoms with E-state index in [-0.39, 0.29) is 12.0 Å². The van der Waals surface area contributed by atoms with E-state index in [0.29, 0.717) is 11.8 Å². The third-order valence-electron chi connectivity index (χ3n) is 2.31. The van der Waals surface area contributed by atoms with Gasteiger partial charge in [-0.25, -0.2) is 0 Å². The fraction of sp³-hybridized carbons (Fsp3) is 0.909. The second kappa shape index (κ2) is 10.6. The van der Waals surface area contributed by atoms with Crippen LogP contribution in [0.25, 0.3) is 0 Å². The summed E-state index contributed by atoms with van der Waals surface area (Å²) in [4.78, 5) is 10.9. The maximum atomic E-state index is 10.9. The van der Waals surface area contributed by atoms with Gasteiger partial charge in [0.05, 0.1) is 0 Å². The Morgan fingerprint density at radius 2 is 1.93 bits per heavy atom. The van der Waals surface area contributed by atoms with E-state index < -0.39 is 0 Å². The molecular formula is C11H20Cl2O2. The molecule has 0 spiro atoms. The summed E-state index contributed by atoms with van der Waals surface area (Å²) in [5.74, 6) is -0.200. The SMILES string of the molecule is CCC(Cl)CCCCCCC(=O)OCCl. The lowest BCUT2D eigenvalue weighted by molar-refractivity contribution is -0.141. The van der Waals surface area contributed by atoms with Crippen molar-refractivity contribution in [2.45, 2.75) is 57.2 Å². The van der Waals surface area contributed by atoms with Crippen molar-refractivity contribution in [2.75, 3.05) is 6.07 Å². The lowest BCUT2D eigenvalue weighted by Gasteiger charge is -2.05. The summed E-state index contributed by atoms with van der Waals surface area (Å²) in [6.07, 6.45) is 6.81. The molecular weight excluding hydrogens is 235 g/mol. The Bertz CT molecular complexity index is 163. The van der Waals surface area contributed by atoms with E-state index >= 15 is 0 Å². The first-order chi connectivity index (χ1) is 7.20. The molecule has 0 amide bonds. The molecule has 0 heterocycles. The average molecular weight is 255 g/mol. The van der Waals surface area contributed by atoms with Crippen molar-refractivity contribution in [1.29, 1.82) is 0 Å². The molecule has 0 aliphatic heterocycles. The molecule has 0 radical (unpaired) electrons. The highest BCUT2D eigenvalue weighted by molar-refractivity contribution is 6.20. The summed E-state index contributed by atoms with van der Waals surface area (Å²) in [7, 11) is 0. The molecule has 0 fully saturated rings. The second-order valence-electron chi connectivity index (χ2n) is 3.58. The lowest BCUT2D eigenvalue weighted by atomic mass is 10.1. The molecule has 0 aromatic carbocycles. The zero-order chi connectivity index (χ0) is 11.5. The molecule has 0 aliphatic carbocycles. The molecule has 1 unspecified atom stereocenters. The number of hydrogen-bond donors (Lipinski definition) is 0. The quantitative estimate of drug-likeness (QED) is 0.352. The van der Waals surface area contributed by atoms with E-state index in [1.54, 1.807) is 0 Å².